The number of para-hydroxylation sites is 2. The molecule has 0 bridgehead atoms. The lowest BCUT2D eigenvalue weighted by atomic mass is 10.0. The highest BCUT2D eigenvalue weighted by Gasteiger charge is 2.33. The Morgan fingerprint density at radius 3 is 2.68 bits per heavy atom. The van der Waals surface area contributed by atoms with Crippen molar-refractivity contribution in [3.05, 3.63) is 60.2 Å². The normalized spacial score (nSPS) is 20.6. The van der Waals surface area contributed by atoms with Gasteiger partial charge in [0, 0.05) is 13.2 Å². The molecule has 1 saturated heterocycles. The SMILES string of the molecule is CC(C)C(NC(=O)C1CC(c2ccccn2)NN1)c1nc2ccccc2n1C. The van der Waals surface area contributed by atoms with E-state index in [4.69, 9.17) is 4.98 Å². The Hall–Kier alpha value is -2.77. The van der Waals surface area contributed by atoms with Crippen LogP contribution in [0, 0.1) is 5.92 Å². The van der Waals surface area contributed by atoms with Gasteiger partial charge in [-0.2, -0.15) is 0 Å². The van der Waals surface area contributed by atoms with Crippen LogP contribution in [-0.2, 0) is 11.8 Å². The van der Waals surface area contributed by atoms with Crippen molar-refractivity contribution in [3.8, 4) is 0 Å². The molecule has 3 atom stereocenters. The Labute approximate surface area is 164 Å². The highest BCUT2D eigenvalue weighted by molar-refractivity contribution is 5.83. The molecule has 3 N–H and O–H groups in total. The summed E-state index contributed by atoms with van der Waals surface area (Å²) < 4.78 is 2.07. The van der Waals surface area contributed by atoms with Crippen LogP contribution in [0.1, 0.15) is 43.9 Å². The fourth-order valence-corrected chi connectivity index (χ4v) is 3.73. The lowest BCUT2D eigenvalue weighted by Gasteiger charge is -2.23. The molecule has 3 heterocycles. The summed E-state index contributed by atoms with van der Waals surface area (Å²) in [6, 6.07) is 13.4. The number of carbonyl (C=O) groups excluding carboxylic acids is 1. The van der Waals surface area contributed by atoms with E-state index in [1.165, 1.54) is 0 Å². The summed E-state index contributed by atoms with van der Waals surface area (Å²) in [5.41, 5.74) is 9.23. The second-order valence-corrected chi connectivity index (χ2v) is 7.63. The van der Waals surface area contributed by atoms with Crippen LogP contribution < -0.4 is 16.2 Å². The van der Waals surface area contributed by atoms with Crippen molar-refractivity contribution < 1.29 is 4.79 Å². The second kappa shape index (κ2) is 7.69. The van der Waals surface area contributed by atoms with Gasteiger partial charge in [-0.15, -0.1) is 0 Å². The average Bonchev–Trinajstić information content (AvgIpc) is 3.32. The number of imidazole rings is 1. The average molecular weight is 378 g/mol. The van der Waals surface area contributed by atoms with Crippen LogP contribution in [0.5, 0.6) is 0 Å². The molecule has 3 aromatic rings. The number of hydrogen-bond acceptors (Lipinski definition) is 5. The zero-order valence-corrected chi connectivity index (χ0v) is 16.4. The summed E-state index contributed by atoms with van der Waals surface area (Å²) in [4.78, 5) is 22.1. The Balaban J connectivity index is 1.50. The van der Waals surface area contributed by atoms with Gasteiger partial charge in [-0.1, -0.05) is 32.0 Å². The van der Waals surface area contributed by atoms with Crippen LogP contribution in [-0.4, -0.2) is 26.5 Å². The fraction of sp³-hybridized carbons (Fsp3) is 0.381. The van der Waals surface area contributed by atoms with E-state index in [2.05, 4.69) is 39.6 Å². The molecule has 0 radical (unpaired) electrons. The van der Waals surface area contributed by atoms with Gasteiger partial charge in [0.25, 0.3) is 0 Å². The van der Waals surface area contributed by atoms with Gasteiger partial charge >= 0.3 is 0 Å². The second-order valence-electron chi connectivity index (χ2n) is 7.63. The number of rotatable bonds is 5. The van der Waals surface area contributed by atoms with Crippen molar-refractivity contribution in [1.29, 1.82) is 0 Å². The first-order chi connectivity index (χ1) is 13.5. The first-order valence-electron chi connectivity index (χ1n) is 9.68. The zero-order chi connectivity index (χ0) is 19.7. The summed E-state index contributed by atoms with van der Waals surface area (Å²) in [6.07, 6.45) is 2.42. The fourth-order valence-electron chi connectivity index (χ4n) is 3.73. The topological polar surface area (TPSA) is 83.9 Å². The predicted molar refractivity (Wildman–Crippen MR) is 108 cm³/mol. The molecule has 28 heavy (non-hydrogen) atoms. The van der Waals surface area contributed by atoms with Crippen LogP contribution in [0.15, 0.2) is 48.7 Å². The molecule has 1 amide bonds. The molecule has 2 aromatic heterocycles. The third kappa shape index (κ3) is 3.50. The molecule has 7 nitrogen and oxygen atoms in total. The smallest absolute Gasteiger partial charge is 0.239 e. The number of amides is 1. The lowest BCUT2D eigenvalue weighted by molar-refractivity contribution is -0.124. The lowest BCUT2D eigenvalue weighted by Crippen LogP contribution is -2.45. The van der Waals surface area contributed by atoms with Gasteiger partial charge in [0.1, 0.15) is 11.9 Å². The molecule has 1 aromatic carbocycles. The first kappa shape index (κ1) is 18.6. The summed E-state index contributed by atoms with van der Waals surface area (Å²) in [7, 11) is 2.00. The molecule has 4 rings (SSSR count). The van der Waals surface area contributed by atoms with Crippen molar-refractivity contribution in [1.82, 2.24) is 30.7 Å². The van der Waals surface area contributed by atoms with Gasteiger partial charge in [0.05, 0.1) is 28.8 Å². The largest absolute Gasteiger partial charge is 0.344 e. The number of benzene rings is 1. The summed E-state index contributed by atoms with van der Waals surface area (Å²) in [5.74, 6) is 1.05. The molecule has 146 valence electrons. The Bertz CT molecular complexity index is 967. The van der Waals surface area contributed by atoms with E-state index in [0.717, 1.165) is 22.6 Å². The van der Waals surface area contributed by atoms with Crippen LogP contribution in [0.3, 0.4) is 0 Å². The van der Waals surface area contributed by atoms with Gasteiger partial charge in [0.15, 0.2) is 0 Å². The molecule has 0 aliphatic carbocycles. The third-order valence-electron chi connectivity index (χ3n) is 5.33. The quantitative estimate of drug-likeness (QED) is 0.635. The van der Waals surface area contributed by atoms with E-state index in [-0.39, 0.29) is 30.0 Å². The Morgan fingerprint density at radius 1 is 1.18 bits per heavy atom. The maximum absolute atomic E-state index is 13.0. The van der Waals surface area contributed by atoms with Crippen molar-refractivity contribution in [3.63, 3.8) is 0 Å². The van der Waals surface area contributed by atoms with Crippen LogP contribution in [0.4, 0.5) is 0 Å². The molecular formula is C21H26N6O. The van der Waals surface area contributed by atoms with Gasteiger partial charge in [-0.3, -0.25) is 9.78 Å². The van der Waals surface area contributed by atoms with Gasteiger partial charge in [-0.05, 0) is 36.6 Å². The van der Waals surface area contributed by atoms with Crippen molar-refractivity contribution in [2.75, 3.05) is 0 Å². The van der Waals surface area contributed by atoms with E-state index >= 15 is 0 Å². The van der Waals surface area contributed by atoms with Gasteiger partial charge < -0.3 is 9.88 Å². The van der Waals surface area contributed by atoms with Gasteiger partial charge in [0.2, 0.25) is 5.91 Å². The standard InChI is InChI=1S/C21H26N6O/c1-13(2)19(20-23-15-9-4-5-10-18(15)27(20)3)24-21(28)17-12-16(25-26-17)14-8-6-7-11-22-14/h4-11,13,16-17,19,25-26H,12H2,1-3H3,(H,24,28). The van der Waals surface area contributed by atoms with E-state index < -0.39 is 0 Å². The molecular weight excluding hydrogens is 352 g/mol. The number of aryl methyl sites for hydroxylation is 1. The Kier molecular flexibility index (Phi) is 5.11. The van der Waals surface area contributed by atoms with Crippen molar-refractivity contribution in [2.24, 2.45) is 13.0 Å². The van der Waals surface area contributed by atoms with Gasteiger partial charge in [-0.25, -0.2) is 15.8 Å². The van der Waals surface area contributed by atoms with E-state index in [1.54, 1.807) is 6.20 Å². The zero-order valence-electron chi connectivity index (χ0n) is 16.4. The molecule has 1 aliphatic heterocycles. The first-order valence-corrected chi connectivity index (χ1v) is 9.68. The summed E-state index contributed by atoms with van der Waals surface area (Å²) >= 11 is 0. The minimum atomic E-state index is -0.317. The molecule has 0 spiro atoms. The number of aromatic nitrogens is 3. The maximum Gasteiger partial charge on any atom is 0.239 e. The highest BCUT2D eigenvalue weighted by atomic mass is 16.2. The molecule has 1 aliphatic rings. The number of nitrogens with one attached hydrogen (secondary N) is 3. The van der Waals surface area contributed by atoms with Crippen LogP contribution in [0.25, 0.3) is 11.0 Å². The molecule has 7 heteroatoms. The van der Waals surface area contributed by atoms with E-state index in [1.807, 2.05) is 49.5 Å². The number of fused-ring (bicyclic) bond motifs is 1. The summed E-state index contributed by atoms with van der Waals surface area (Å²) in [6.45, 7) is 4.20. The number of hydrogen-bond donors (Lipinski definition) is 3. The molecule has 1 fully saturated rings. The van der Waals surface area contributed by atoms with E-state index in [9.17, 15) is 4.79 Å². The van der Waals surface area contributed by atoms with Crippen molar-refractivity contribution >= 4 is 16.9 Å². The highest BCUT2D eigenvalue weighted by Crippen LogP contribution is 2.26. The summed E-state index contributed by atoms with van der Waals surface area (Å²) in [5, 5.41) is 3.20. The molecule has 3 unspecified atom stereocenters. The number of pyridine rings is 1. The number of hydrazine groups is 1. The minimum absolute atomic E-state index is 0.0187. The number of nitrogens with zero attached hydrogens (tertiary/aromatic N) is 3. The third-order valence-corrected chi connectivity index (χ3v) is 5.33. The Morgan fingerprint density at radius 2 is 1.96 bits per heavy atom. The monoisotopic (exact) mass is 378 g/mol. The molecule has 0 saturated carbocycles. The van der Waals surface area contributed by atoms with E-state index in [0.29, 0.717) is 6.42 Å². The van der Waals surface area contributed by atoms with Crippen LogP contribution >= 0.6 is 0 Å². The number of carbonyl (C=O) groups is 1. The van der Waals surface area contributed by atoms with Crippen molar-refractivity contribution in [2.45, 2.75) is 38.4 Å². The minimum Gasteiger partial charge on any atom is -0.344 e. The predicted octanol–water partition coefficient (Wildman–Crippen LogP) is 2.39. The van der Waals surface area contributed by atoms with Crippen LogP contribution in [0.2, 0.25) is 0 Å². The maximum atomic E-state index is 13.0.